The van der Waals surface area contributed by atoms with Gasteiger partial charge in [0.15, 0.2) is 0 Å². The zero-order chi connectivity index (χ0) is 13.9. The molecular weight excluding hydrogens is 264 g/mol. The van der Waals surface area contributed by atoms with E-state index in [0.717, 1.165) is 45.6 Å². The van der Waals surface area contributed by atoms with Crippen LogP contribution in [0.25, 0.3) is 0 Å². The minimum Gasteiger partial charge on any atom is -0.396 e. The Labute approximate surface area is 116 Å². The lowest BCUT2D eigenvalue weighted by atomic mass is 9.87. The van der Waals surface area contributed by atoms with Crippen LogP contribution in [0.3, 0.4) is 0 Å². The molecule has 0 bridgehead atoms. The number of hydrogen-bond donors (Lipinski definition) is 1. The molecule has 0 aromatic carbocycles. The van der Waals surface area contributed by atoms with Crippen molar-refractivity contribution in [3.8, 4) is 0 Å². The van der Waals surface area contributed by atoms with Gasteiger partial charge >= 0.3 is 0 Å². The lowest BCUT2D eigenvalue weighted by molar-refractivity contribution is 0.0853. The Morgan fingerprint density at radius 3 is 2.26 bits per heavy atom. The van der Waals surface area contributed by atoms with Gasteiger partial charge in [-0.2, -0.15) is 0 Å². The van der Waals surface area contributed by atoms with Crippen LogP contribution in [0.5, 0.6) is 0 Å². The Morgan fingerprint density at radius 1 is 1.16 bits per heavy atom. The summed E-state index contributed by atoms with van der Waals surface area (Å²) in [6, 6.07) is 0. The second-order valence-corrected chi connectivity index (χ2v) is 8.34. The molecule has 1 N–H and O–H groups in total. The van der Waals surface area contributed by atoms with Crippen molar-refractivity contribution in [3.05, 3.63) is 0 Å². The van der Waals surface area contributed by atoms with Gasteiger partial charge in [0.1, 0.15) is 9.84 Å². The minimum absolute atomic E-state index is 0.178. The summed E-state index contributed by atoms with van der Waals surface area (Å²) in [6.45, 7) is 5.36. The summed E-state index contributed by atoms with van der Waals surface area (Å²) in [5, 5.41) is 9.60. The first kappa shape index (κ1) is 15.2. The van der Waals surface area contributed by atoms with Crippen LogP contribution >= 0.6 is 0 Å². The molecular formula is C13H26N2O3S. The average Bonchev–Trinajstić information content (AvgIpc) is 2.39. The van der Waals surface area contributed by atoms with Gasteiger partial charge in [0.05, 0.1) is 11.5 Å². The van der Waals surface area contributed by atoms with Crippen LogP contribution in [0.4, 0.5) is 0 Å². The maximum Gasteiger partial charge on any atom is 0.150 e. The van der Waals surface area contributed by atoms with Crippen LogP contribution in [-0.2, 0) is 9.84 Å². The number of likely N-dealkylation sites (N-methyl/N-ethyl adjacent to an activating group) is 1. The molecule has 2 aliphatic heterocycles. The predicted molar refractivity (Wildman–Crippen MR) is 75.9 cm³/mol. The zero-order valence-electron chi connectivity index (χ0n) is 11.8. The van der Waals surface area contributed by atoms with Crippen molar-refractivity contribution in [2.24, 2.45) is 11.8 Å². The van der Waals surface area contributed by atoms with Gasteiger partial charge in [-0.3, -0.25) is 0 Å². The van der Waals surface area contributed by atoms with Gasteiger partial charge in [-0.1, -0.05) is 0 Å². The summed E-state index contributed by atoms with van der Waals surface area (Å²) in [7, 11) is -0.668. The summed E-state index contributed by atoms with van der Waals surface area (Å²) in [5.74, 6) is 1.21. The number of rotatable bonds is 4. The van der Waals surface area contributed by atoms with E-state index in [1.165, 1.54) is 0 Å². The second kappa shape index (κ2) is 6.52. The Hall–Kier alpha value is -0.170. The summed E-state index contributed by atoms with van der Waals surface area (Å²) in [4.78, 5) is 4.72. The molecule has 0 aromatic heterocycles. The molecule has 2 aliphatic rings. The molecule has 2 rings (SSSR count). The van der Waals surface area contributed by atoms with Crippen LogP contribution in [0.2, 0.25) is 0 Å². The number of hydrogen-bond acceptors (Lipinski definition) is 5. The van der Waals surface area contributed by atoms with E-state index in [1.807, 2.05) is 0 Å². The fraction of sp³-hybridized carbons (Fsp3) is 1.00. The molecule has 1 atom stereocenters. The van der Waals surface area contributed by atoms with E-state index in [-0.39, 0.29) is 12.5 Å². The minimum atomic E-state index is -2.80. The van der Waals surface area contributed by atoms with Crippen LogP contribution in [0.15, 0.2) is 0 Å². The lowest BCUT2D eigenvalue weighted by Crippen LogP contribution is -2.47. The molecule has 2 heterocycles. The standard InChI is InChI=1S/C13H26N2O3S/c1-14-4-6-15(7-5-14)10-13(11-16)12-2-8-19(17,18)9-3-12/h12-13,16H,2-11H2,1H3. The number of nitrogens with zero attached hydrogens (tertiary/aromatic N) is 2. The Morgan fingerprint density at radius 2 is 1.74 bits per heavy atom. The third kappa shape index (κ3) is 4.41. The van der Waals surface area contributed by atoms with Gasteiger partial charge in [0, 0.05) is 39.3 Å². The van der Waals surface area contributed by atoms with Crippen molar-refractivity contribution < 1.29 is 13.5 Å². The third-order valence-corrected chi connectivity index (χ3v) is 6.30. The molecule has 2 saturated heterocycles. The van der Waals surface area contributed by atoms with E-state index < -0.39 is 9.84 Å². The normalized spacial score (nSPS) is 28.3. The van der Waals surface area contributed by atoms with Crippen molar-refractivity contribution in [1.29, 1.82) is 0 Å². The second-order valence-electron chi connectivity index (χ2n) is 6.04. The summed E-state index contributed by atoms with van der Waals surface area (Å²) in [6.07, 6.45) is 1.45. The van der Waals surface area contributed by atoms with Crippen LogP contribution < -0.4 is 0 Å². The van der Waals surface area contributed by atoms with Crippen molar-refractivity contribution in [2.75, 3.05) is 57.9 Å². The summed E-state index contributed by atoms with van der Waals surface area (Å²) < 4.78 is 22.9. The van der Waals surface area contributed by atoms with Crippen LogP contribution in [0, 0.1) is 11.8 Å². The molecule has 0 amide bonds. The maximum absolute atomic E-state index is 11.5. The third-order valence-electron chi connectivity index (χ3n) is 4.59. The van der Waals surface area contributed by atoms with E-state index in [1.54, 1.807) is 0 Å². The van der Waals surface area contributed by atoms with Crippen molar-refractivity contribution >= 4 is 9.84 Å². The topological polar surface area (TPSA) is 60.9 Å². The molecule has 2 fully saturated rings. The highest BCUT2D eigenvalue weighted by atomic mass is 32.2. The van der Waals surface area contributed by atoms with Crippen molar-refractivity contribution in [1.82, 2.24) is 9.80 Å². The molecule has 112 valence electrons. The zero-order valence-corrected chi connectivity index (χ0v) is 12.6. The molecule has 19 heavy (non-hydrogen) atoms. The first-order valence-corrected chi connectivity index (χ1v) is 9.04. The van der Waals surface area contributed by atoms with E-state index in [9.17, 15) is 13.5 Å². The molecule has 6 heteroatoms. The molecule has 0 aromatic rings. The lowest BCUT2D eigenvalue weighted by Gasteiger charge is -2.37. The molecule has 1 unspecified atom stereocenters. The van der Waals surface area contributed by atoms with Gasteiger partial charge in [-0.25, -0.2) is 8.42 Å². The fourth-order valence-electron chi connectivity index (χ4n) is 3.10. The van der Waals surface area contributed by atoms with Crippen LogP contribution in [-0.4, -0.2) is 81.2 Å². The number of piperazine rings is 1. The van der Waals surface area contributed by atoms with Crippen LogP contribution in [0.1, 0.15) is 12.8 Å². The fourth-order valence-corrected chi connectivity index (χ4v) is 4.63. The summed E-state index contributed by atoms with van der Waals surface area (Å²) >= 11 is 0. The Bertz CT molecular complexity index is 363. The highest BCUT2D eigenvalue weighted by Gasteiger charge is 2.30. The van der Waals surface area contributed by atoms with Gasteiger partial charge in [0.25, 0.3) is 0 Å². The number of aliphatic hydroxyl groups excluding tert-OH is 1. The Kier molecular flexibility index (Phi) is 5.22. The van der Waals surface area contributed by atoms with Gasteiger partial charge < -0.3 is 14.9 Å². The van der Waals surface area contributed by atoms with E-state index in [4.69, 9.17) is 0 Å². The van der Waals surface area contributed by atoms with E-state index in [2.05, 4.69) is 16.8 Å². The number of aliphatic hydroxyl groups is 1. The maximum atomic E-state index is 11.5. The average molecular weight is 290 g/mol. The van der Waals surface area contributed by atoms with Gasteiger partial charge in [-0.15, -0.1) is 0 Å². The highest BCUT2D eigenvalue weighted by Crippen LogP contribution is 2.27. The predicted octanol–water partition coefficient (Wildman–Crippen LogP) is -0.333. The monoisotopic (exact) mass is 290 g/mol. The number of sulfone groups is 1. The Balaban J connectivity index is 1.83. The molecule has 0 aliphatic carbocycles. The first-order chi connectivity index (χ1) is 9.00. The SMILES string of the molecule is CN1CCN(CC(CO)C2CCS(=O)(=O)CC2)CC1. The van der Waals surface area contributed by atoms with Gasteiger partial charge in [-0.05, 0) is 31.7 Å². The quantitative estimate of drug-likeness (QED) is 0.768. The first-order valence-electron chi connectivity index (χ1n) is 7.22. The van der Waals surface area contributed by atoms with Gasteiger partial charge in [0.2, 0.25) is 0 Å². The molecule has 0 saturated carbocycles. The molecule has 5 nitrogen and oxygen atoms in total. The smallest absolute Gasteiger partial charge is 0.150 e. The highest BCUT2D eigenvalue weighted by molar-refractivity contribution is 7.91. The van der Waals surface area contributed by atoms with E-state index >= 15 is 0 Å². The van der Waals surface area contributed by atoms with Crippen molar-refractivity contribution in [2.45, 2.75) is 12.8 Å². The van der Waals surface area contributed by atoms with Crippen molar-refractivity contribution in [3.63, 3.8) is 0 Å². The van der Waals surface area contributed by atoms with E-state index in [0.29, 0.717) is 17.4 Å². The largest absolute Gasteiger partial charge is 0.396 e. The molecule has 0 spiro atoms. The molecule has 0 radical (unpaired) electrons. The summed E-state index contributed by atoms with van der Waals surface area (Å²) in [5.41, 5.74) is 0.